The van der Waals surface area contributed by atoms with Crippen molar-refractivity contribution in [3.05, 3.63) is 36.0 Å². The maximum absolute atomic E-state index is 3.42. The van der Waals surface area contributed by atoms with E-state index in [9.17, 15) is 0 Å². The fourth-order valence-corrected chi connectivity index (χ4v) is 2.64. The van der Waals surface area contributed by atoms with Crippen molar-refractivity contribution in [3.63, 3.8) is 0 Å². The van der Waals surface area contributed by atoms with Crippen molar-refractivity contribution in [2.24, 2.45) is 5.92 Å². The first-order valence-corrected chi connectivity index (χ1v) is 6.18. The van der Waals surface area contributed by atoms with E-state index in [1.807, 2.05) is 6.20 Å². The van der Waals surface area contributed by atoms with Gasteiger partial charge in [-0.25, -0.2) is 0 Å². The summed E-state index contributed by atoms with van der Waals surface area (Å²) in [6.45, 7) is 2.38. The average Bonchev–Trinajstić information content (AvgIpc) is 2.77. The second-order valence-electron chi connectivity index (χ2n) is 4.80. The summed E-state index contributed by atoms with van der Waals surface area (Å²) in [7, 11) is 0. The number of piperidine rings is 1. The summed E-state index contributed by atoms with van der Waals surface area (Å²) < 4.78 is 0. The van der Waals surface area contributed by atoms with Crippen LogP contribution in [0.3, 0.4) is 0 Å². The van der Waals surface area contributed by atoms with E-state index in [-0.39, 0.29) is 0 Å². The van der Waals surface area contributed by atoms with Crippen molar-refractivity contribution in [1.29, 1.82) is 0 Å². The predicted octanol–water partition coefficient (Wildman–Crippen LogP) is 2.71. The Hall–Kier alpha value is -1.28. The molecule has 3 rings (SSSR count). The van der Waals surface area contributed by atoms with E-state index < -0.39 is 0 Å². The molecule has 0 bridgehead atoms. The molecule has 1 fully saturated rings. The van der Waals surface area contributed by atoms with Gasteiger partial charge in [0.15, 0.2) is 0 Å². The van der Waals surface area contributed by atoms with Crippen molar-refractivity contribution in [2.75, 3.05) is 13.1 Å². The Labute approximate surface area is 96.1 Å². The molecular weight excluding hydrogens is 196 g/mol. The highest BCUT2D eigenvalue weighted by Crippen LogP contribution is 2.21. The highest BCUT2D eigenvalue weighted by atomic mass is 14.9. The van der Waals surface area contributed by atoms with Crippen molar-refractivity contribution >= 4 is 10.9 Å². The number of rotatable bonds is 2. The van der Waals surface area contributed by atoms with Crippen LogP contribution >= 0.6 is 0 Å². The van der Waals surface area contributed by atoms with Crippen LogP contribution in [0.4, 0.5) is 0 Å². The molecule has 0 radical (unpaired) electrons. The van der Waals surface area contributed by atoms with E-state index >= 15 is 0 Å². The molecule has 1 aliphatic heterocycles. The molecule has 84 valence electrons. The molecule has 0 amide bonds. The number of aromatic amines is 1. The van der Waals surface area contributed by atoms with Crippen LogP contribution in [0.25, 0.3) is 10.9 Å². The minimum atomic E-state index is 0.869. The summed E-state index contributed by atoms with van der Waals surface area (Å²) in [4.78, 5) is 3.28. The number of H-pyrrole nitrogens is 1. The van der Waals surface area contributed by atoms with Gasteiger partial charge in [-0.2, -0.15) is 0 Å². The van der Waals surface area contributed by atoms with Gasteiger partial charge in [0, 0.05) is 11.7 Å². The first-order valence-electron chi connectivity index (χ1n) is 6.18. The standard InChI is InChI=1S/C14H18N2/c1-2-13-5-8-16-14(13)10-12(1)9-11-3-6-15-7-4-11/h1-2,5,8,10-11,15-16H,3-4,6-7,9H2. The van der Waals surface area contributed by atoms with E-state index in [1.54, 1.807) is 0 Å². The molecule has 2 nitrogen and oxygen atoms in total. The van der Waals surface area contributed by atoms with E-state index in [4.69, 9.17) is 0 Å². The van der Waals surface area contributed by atoms with Crippen LogP contribution in [0.2, 0.25) is 0 Å². The molecule has 1 saturated heterocycles. The van der Waals surface area contributed by atoms with Crippen LogP contribution in [-0.2, 0) is 6.42 Å². The number of hydrogen-bond donors (Lipinski definition) is 2. The number of nitrogens with one attached hydrogen (secondary N) is 2. The van der Waals surface area contributed by atoms with Crippen LogP contribution < -0.4 is 5.32 Å². The number of hydrogen-bond acceptors (Lipinski definition) is 1. The molecular formula is C14H18N2. The summed E-state index contributed by atoms with van der Waals surface area (Å²) in [6, 6.07) is 8.93. The monoisotopic (exact) mass is 214 g/mol. The molecule has 0 saturated carbocycles. The van der Waals surface area contributed by atoms with Gasteiger partial charge < -0.3 is 10.3 Å². The Kier molecular flexibility index (Phi) is 2.66. The predicted molar refractivity (Wildman–Crippen MR) is 67.6 cm³/mol. The van der Waals surface area contributed by atoms with Crippen LogP contribution in [0.15, 0.2) is 30.5 Å². The fourth-order valence-electron chi connectivity index (χ4n) is 2.64. The topological polar surface area (TPSA) is 27.8 Å². The van der Waals surface area contributed by atoms with E-state index in [2.05, 4.69) is 34.6 Å². The van der Waals surface area contributed by atoms with Crippen LogP contribution in [0.5, 0.6) is 0 Å². The third kappa shape index (κ3) is 1.98. The summed E-state index contributed by atoms with van der Waals surface area (Å²) in [6.07, 6.45) is 5.89. The van der Waals surface area contributed by atoms with Gasteiger partial charge >= 0.3 is 0 Å². The SMILES string of the molecule is c1cc2ccc(CC3CCNCC3)cc2[nH]1. The summed E-state index contributed by atoms with van der Waals surface area (Å²) in [5, 5.41) is 4.73. The minimum absolute atomic E-state index is 0.869. The molecule has 0 atom stereocenters. The van der Waals surface area contributed by atoms with Crippen molar-refractivity contribution < 1.29 is 0 Å². The Morgan fingerprint density at radius 1 is 1.12 bits per heavy atom. The summed E-state index contributed by atoms with van der Waals surface area (Å²) >= 11 is 0. The summed E-state index contributed by atoms with van der Waals surface area (Å²) in [5.74, 6) is 0.869. The van der Waals surface area contributed by atoms with E-state index in [0.29, 0.717) is 0 Å². The molecule has 2 aromatic rings. The van der Waals surface area contributed by atoms with Gasteiger partial charge in [-0.1, -0.05) is 12.1 Å². The maximum Gasteiger partial charge on any atom is 0.0456 e. The van der Waals surface area contributed by atoms with Crippen molar-refractivity contribution in [1.82, 2.24) is 10.3 Å². The molecule has 2 heterocycles. The Balaban J connectivity index is 1.77. The molecule has 0 unspecified atom stereocenters. The number of aromatic nitrogens is 1. The van der Waals surface area contributed by atoms with E-state index in [1.165, 1.54) is 48.8 Å². The molecule has 1 aromatic heterocycles. The quantitative estimate of drug-likeness (QED) is 0.790. The van der Waals surface area contributed by atoms with E-state index in [0.717, 1.165) is 5.92 Å². The van der Waals surface area contributed by atoms with Crippen LogP contribution in [0.1, 0.15) is 18.4 Å². The molecule has 1 aromatic carbocycles. The molecule has 2 N–H and O–H groups in total. The lowest BCUT2D eigenvalue weighted by molar-refractivity contribution is 0.373. The highest BCUT2D eigenvalue weighted by molar-refractivity contribution is 5.79. The van der Waals surface area contributed by atoms with Crippen LogP contribution in [-0.4, -0.2) is 18.1 Å². The third-order valence-corrected chi connectivity index (χ3v) is 3.60. The fraction of sp³-hybridized carbons (Fsp3) is 0.429. The number of benzene rings is 1. The van der Waals surface area contributed by atoms with Gasteiger partial charge in [-0.15, -0.1) is 0 Å². The lowest BCUT2D eigenvalue weighted by Crippen LogP contribution is -2.28. The first kappa shape index (κ1) is 9.91. The largest absolute Gasteiger partial charge is 0.361 e. The second kappa shape index (κ2) is 4.30. The number of fused-ring (bicyclic) bond motifs is 1. The Bertz CT molecular complexity index is 466. The highest BCUT2D eigenvalue weighted by Gasteiger charge is 2.13. The molecule has 0 aliphatic carbocycles. The smallest absolute Gasteiger partial charge is 0.0456 e. The van der Waals surface area contributed by atoms with Crippen LogP contribution in [0, 0.1) is 5.92 Å². The van der Waals surface area contributed by atoms with Gasteiger partial charge in [-0.3, -0.25) is 0 Å². The lowest BCUT2D eigenvalue weighted by Gasteiger charge is -2.22. The van der Waals surface area contributed by atoms with Gasteiger partial charge in [0.25, 0.3) is 0 Å². The van der Waals surface area contributed by atoms with Gasteiger partial charge in [0.05, 0.1) is 0 Å². The maximum atomic E-state index is 3.42. The van der Waals surface area contributed by atoms with Crippen molar-refractivity contribution in [2.45, 2.75) is 19.3 Å². The van der Waals surface area contributed by atoms with Gasteiger partial charge in [0.1, 0.15) is 0 Å². The Morgan fingerprint density at radius 2 is 2.00 bits per heavy atom. The molecule has 0 spiro atoms. The average molecular weight is 214 g/mol. The molecule has 1 aliphatic rings. The molecule has 2 heteroatoms. The van der Waals surface area contributed by atoms with Gasteiger partial charge in [0.2, 0.25) is 0 Å². The molecule has 16 heavy (non-hydrogen) atoms. The zero-order valence-electron chi connectivity index (χ0n) is 9.50. The van der Waals surface area contributed by atoms with Gasteiger partial charge in [-0.05, 0) is 61.4 Å². The lowest BCUT2D eigenvalue weighted by atomic mass is 9.91. The Morgan fingerprint density at radius 3 is 2.88 bits per heavy atom. The second-order valence-corrected chi connectivity index (χ2v) is 4.80. The zero-order chi connectivity index (χ0) is 10.8. The first-order chi connectivity index (χ1) is 7.92. The minimum Gasteiger partial charge on any atom is -0.361 e. The van der Waals surface area contributed by atoms with Crippen molar-refractivity contribution in [3.8, 4) is 0 Å². The normalized spacial score (nSPS) is 18.0. The third-order valence-electron chi connectivity index (χ3n) is 3.60. The zero-order valence-corrected chi connectivity index (χ0v) is 9.50. The summed E-state index contributed by atoms with van der Waals surface area (Å²) in [5.41, 5.74) is 2.74.